The lowest BCUT2D eigenvalue weighted by Gasteiger charge is -2.09. The molecule has 0 spiro atoms. The van der Waals surface area contributed by atoms with E-state index in [0.717, 1.165) is 0 Å². The van der Waals surface area contributed by atoms with Crippen molar-refractivity contribution in [2.75, 3.05) is 19.0 Å². The summed E-state index contributed by atoms with van der Waals surface area (Å²) < 4.78 is 4.90. The Kier molecular flexibility index (Phi) is 4.07. The van der Waals surface area contributed by atoms with Crippen molar-refractivity contribution < 1.29 is 14.8 Å². The molecule has 1 rings (SSSR count). The maximum absolute atomic E-state index is 10.8. The molecule has 0 amide bonds. The van der Waals surface area contributed by atoms with Gasteiger partial charge in [0.1, 0.15) is 11.4 Å². The Morgan fingerprint density at radius 2 is 2.31 bits per heavy atom. The van der Waals surface area contributed by atoms with Gasteiger partial charge in [0, 0.05) is 6.54 Å². The minimum Gasteiger partial charge on any atom is -0.496 e. The summed E-state index contributed by atoms with van der Waals surface area (Å²) in [4.78, 5) is 10.3. The zero-order valence-corrected chi connectivity index (χ0v) is 9.14. The number of hydrogen-bond donors (Lipinski definition) is 2. The van der Waals surface area contributed by atoms with Crippen LogP contribution in [0.1, 0.15) is 6.92 Å². The Labute approximate surface area is 93.0 Å². The van der Waals surface area contributed by atoms with Crippen molar-refractivity contribution in [2.24, 2.45) is 0 Å². The highest BCUT2D eigenvalue weighted by Gasteiger charge is 2.14. The number of aliphatic hydroxyl groups excluding tert-OH is 1. The summed E-state index contributed by atoms with van der Waals surface area (Å²) in [5.41, 5.74) is 0.298. The van der Waals surface area contributed by atoms with E-state index in [1.807, 2.05) is 0 Å². The Bertz CT molecular complexity index is 379. The number of nitro benzene ring substituents is 1. The van der Waals surface area contributed by atoms with E-state index in [4.69, 9.17) is 9.84 Å². The van der Waals surface area contributed by atoms with Gasteiger partial charge in [0.15, 0.2) is 0 Å². The SMILES string of the molecule is COc1ccc(NCC(C)O)c([N+](=O)[O-])c1. The molecule has 6 heteroatoms. The molecule has 0 heterocycles. The molecule has 0 aliphatic rings. The lowest BCUT2D eigenvalue weighted by atomic mass is 10.2. The Hall–Kier alpha value is -1.82. The number of methoxy groups -OCH3 is 1. The molecule has 0 saturated carbocycles. The van der Waals surface area contributed by atoms with Gasteiger partial charge in [-0.05, 0) is 19.1 Å². The van der Waals surface area contributed by atoms with Crippen molar-refractivity contribution in [3.8, 4) is 5.75 Å². The molecule has 1 aromatic rings. The van der Waals surface area contributed by atoms with Gasteiger partial charge < -0.3 is 15.2 Å². The molecule has 6 nitrogen and oxygen atoms in total. The van der Waals surface area contributed by atoms with Crippen molar-refractivity contribution >= 4 is 11.4 Å². The number of nitrogens with one attached hydrogen (secondary N) is 1. The smallest absolute Gasteiger partial charge is 0.296 e. The van der Waals surface area contributed by atoms with E-state index in [1.54, 1.807) is 19.1 Å². The van der Waals surface area contributed by atoms with E-state index in [0.29, 0.717) is 11.4 Å². The minimum absolute atomic E-state index is 0.0694. The first-order chi connectivity index (χ1) is 7.54. The lowest BCUT2D eigenvalue weighted by Crippen LogP contribution is -2.16. The molecule has 1 atom stereocenters. The Morgan fingerprint density at radius 3 is 2.81 bits per heavy atom. The molecule has 0 aliphatic heterocycles. The van der Waals surface area contributed by atoms with Crippen molar-refractivity contribution in [3.63, 3.8) is 0 Å². The van der Waals surface area contributed by atoms with Gasteiger partial charge in [0.25, 0.3) is 5.69 Å². The standard InChI is InChI=1S/C10H14N2O4/c1-7(13)6-11-9-4-3-8(16-2)5-10(9)12(14)15/h3-5,7,11,13H,6H2,1-2H3. The van der Waals surface area contributed by atoms with Crippen LogP contribution >= 0.6 is 0 Å². The van der Waals surface area contributed by atoms with Crippen LogP contribution in [0.15, 0.2) is 18.2 Å². The number of anilines is 1. The third kappa shape index (κ3) is 3.09. The second kappa shape index (κ2) is 5.32. The summed E-state index contributed by atoms with van der Waals surface area (Å²) in [7, 11) is 1.45. The number of hydrogen-bond acceptors (Lipinski definition) is 5. The molecule has 16 heavy (non-hydrogen) atoms. The minimum atomic E-state index is -0.568. The Morgan fingerprint density at radius 1 is 1.62 bits per heavy atom. The van der Waals surface area contributed by atoms with Gasteiger partial charge in [-0.25, -0.2) is 0 Å². The second-order valence-electron chi connectivity index (χ2n) is 3.37. The van der Waals surface area contributed by atoms with E-state index >= 15 is 0 Å². The van der Waals surface area contributed by atoms with Crippen LogP contribution in [0.3, 0.4) is 0 Å². The van der Waals surface area contributed by atoms with E-state index in [-0.39, 0.29) is 12.2 Å². The normalized spacial score (nSPS) is 11.9. The number of aliphatic hydroxyl groups is 1. The summed E-state index contributed by atoms with van der Waals surface area (Å²) in [6.07, 6.45) is -0.568. The number of benzene rings is 1. The van der Waals surface area contributed by atoms with Crippen LogP contribution in [0, 0.1) is 10.1 Å². The predicted molar refractivity (Wildman–Crippen MR) is 59.8 cm³/mol. The molecule has 0 fully saturated rings. The van der Waals surface area contributed by atoms with Crippen molar-refractivity contribution in [1.82, 2.24) is 0 Å². The highest BCUT2D eigenvalue weighted by molar-refractivity contribution is 5.63. The quantitative estimate of drug-likeness (QED) is 0.585. The van der Waals surface area contributed by atoms with Crippen LogP contribution in [0.2, 0.25) is 0 Å². The number of ether oxygens (including phenoxy) is 1. The summed E-state index contributed by atoms with van der Waals surface area (Å²) in [5.74, 6) is 0.425. The fourth-order valence-corrected chi connectivity index (χ4v) is 1.20. The van der Waals surface area contributed by atoms with Crippen LogP contribution < -0.4 is 10.1 Å². The van der Waals surface area contributed by atoms with Crippen LogP contribution in [-0.4, -0.2) is 29.8 Å². The molecule has 0 saturated heterocycles. The predicted octanol–water partition coefficient (Wildman–Crippen LogP) is 1.40. The van der Waals surface area contributed by atoms with Gasteiger partial charge in [-0.15, -0.1) is 0 Å². The van der Waals surface area contributed by atoms with Gasteiger partial charge >= 0.3 is 0 Å². The average Bonchev–Trinajstić information content (AvgIpc) is 2.25. The summed E-state index contributed by atoms with van der Waals surface area (Å²) in [6.45, 7) is 1.86. The van der Waals surface area contributed by atoms with Gasteiger partial charge in [0.05, 0.1) is 24.2 Å². The molecule has 0 radical (unpaired) electrons. The molecule has 0 aliphatic carbocycles. The van der Waals surface area contributed by atoms with Crippen molar-refractivity contribution in [3.05, 3.63) is 28.3 Å². The maximum Gasteiger partial charge on any atom is 0.296 e. The molecule has 1 unspecified atom stereocenters. The fourth-order valence-electron chi connectivity index (χ4n) is 1.20. The van der Waals surface area contributed by atoms with E-state index < -0.39 is 11.0 Å². The zero-order chi connectivity index (χ0) is 12.1. The van der Waals surface area contributed by atoms with Crippen molar-refractivity contribution in [1.29, 1.82) is 0 Å². The van der Waals surface area contributed by atoms with Crippen LogP contribution in [0.25, 0.3) is 0 Å². The first-order valence-corrected chi connectivity index (χ1v) is 4.79. The number of rotatable bonds is 5. The molecule has 2 N–H and O–H groups in total. The van der Waals surface area contributed by atoms with Crippen LogP contribution in [0.5, 0.6) is 5.75 Å². The van der Waals surface area contributed by atoms with Gasteiger partial charge in [-0.1, -0.05) is 0 Å². The first-order valence-electron chi connectivity index (χ1n) is 4.79. The molecular formula is C10H14N2O4. The van der Waals surface area contributed by atoms with E-state index in [2.05, 4.69) is 5.32 Å². The van der Waals surface area contributed by atoms with Crippen molar-refractivity contribution in [2.45, 2.75) is 13.0 Å². The molecule has 1 aromatic carbocycles. The summed E-state index contributed by atoms with van der Waals surface area (Å²) in [5, 5.41) is 22.7. The molecule has 0 aromatic heterocycles. The molecule has 88 valence electrons. The first kappa shape index (κ1) is 12.3. The topological polar surface area (TPSA) is 84.6 Å². The fraction of sp³-hybridized carbons (Fsp3) is 0.400. The van der Waals surface area contributed by atoms with Gasteiger partial charge in [-0.3, -0.25) is 10.1 Å². The summed E-state index contributed by atoms with van der Waals surface area (Å²) >= 11 is 0. The van der Waals surface area contributed by atoms with Crippen LogP contribution in [0.4, 0.5) is 11.4 Å². The monoisotopic (exact) mass is 226 g/mol. The molecule has 0 bridgehead atoms. The Balaban J connectivity index is 2.94. The second-order valence-corrected chi connectivity index (χ2v) is 3.37. The zero-order valence-electron chi connectivity index (χ0n) is 9.14. The highest BCUT2D eigenvalue weighted by atomic mass is 16.6. The van der Waals surface area contributed by atoms with E-state index in [1.165, 1.54) is 13.2 Å². The third-order valence-electron chi connectivity index (χ3n) is 1.99. The van der Waals surface area contributed by atoms with E-state index in [9.17, 15) is 10.1 Å². The highest BCUT2D eigenvalue weighted by Crippen LogP contribution is 2.28. The maximum atomic E-state index is 10.8. The summed E-state index contributed by atoms with van der Waals surface area (Å²) in [6, 6.07) is 4.51. The average molecular weight is 226 g/mol. The van der Waals surface area contributed by atoms with Crippen LogP contribution in [-0.2, 0) is 0 Å². The number of nitro groups is 1. The molecular weight excluding hydrogens is 212 g/mol. The third-order valence-corrected chi connectivity index (χ3v) is 1.99. The lowest BCUT2D eigenvalue weighted by molar-refractivity contribution is -0.384. The van der Waals surface area contributed by atoms with Gasteiger partial charge in [0.2, 0.25) is 0 Å². The largest absolute Gasteiger partial charge is 0.496 e. The van der Waals surface area contributed by atoms with Gasteiger partial charge in [-0.2, -0.15) is 0 Å². The number of nitrogens with zero attached hydrogens (tertiary/aromatic N) is 1.